The Balaban J connectivity index is -0.0000000853. The molecule has 0 radical (unpaired) electrons. The number of carboxylic acids is 3. The summed E-state index contributed by atoms with van der Waals surface area (Å²) in [5.74, 6) is -3.98. The molecule has 0 aromatic rings. The molecule has 0 heterocycles. The Bertz CT molecular complexity index is 206. The van der Waals surface area contributed by atoms with Crippen molar-refractivity contribution in [3.8, 4) is 0 Å². The minimum Gasteiger partial charge on any atom is -0.549 e. The molecule has 0 aliphatic carbocycles. The summed E-state index contributed by atoms with van der Waals surface area (Å²) in [6.07, 6.45) is 2.80. The van der Waals surface area contributed by atoms with E-state index in [4.69, 9.17) is 0 Å². The molecule has 0 N–H and O–H groups in total. The number of thiol groups is 3. The standard InChI is InChI=1S/C4H9.3C2H4O2S.Sn/c1-3-4-2;3*3-2(4)1-5;/h1,3-4H2,2H3;3*5H,1H2,(H,3,4);/q;;;;+3/p-3. The van der Waals surface area contributed by atoms with Gasteiger partial charge in [0.05, 0.1) is 17.9 Å². The van der Waals surface area contributed by atoms with E-state index in [1.165, 1.54) is 17.3 Å². The molecule has 0 unspecified atom stereocenters. The second kappa shape index (κ2) is 27.6. The Morgan fingerprint density at radius 1 is 0.850 bits per heavy atom. The van der Waals surface area contributed by atoms with Crippen molar-refractivity contribution in [3.63, 3.8) is 0 Å². The zero-order valence-corrected chi connectivity index (χ0v) is 16.6. The van der Waals surface area contributed by atoms with Gasteiger partial charge >= 0.3 is 46.7 Å². The zero-order valence-electron chi connectivity index (χ0n) is 11.0. The summed E-state index contributed by atoms with van der Waals surface area (Å²) in [4.78, 5) is 27.5. The molecule has 0 aliphatic heterocycles. The van der Waals surface area contributed by atoms with Gasteiger partial charge in [0, 0.05) is 17.3 Å². The molecule has 0 rings (SSSR count). The first-order valence-corrected chi connectivity index (χ1v) is 9.21. The summed E-state index contributed by atoms with van der Waals surface area (Å²) >= 11 is 11.7. The molecule has 116 valence electrons. The van der Waals surface area contributed by atoms with Crippen LogP contribution in [0.15, 0.2) is 0 Å². The molecule has 0 fully saturated rings. The van der Waals surface area contributed by atoms with Gasteiger partial charge in [0.25, 0.3) is 0 Å². The molecule has 0 aromatic heterocycles. The van der Waals surface area contributed by atoms with Crippen LogP contribution in [-0.4, -0.2) is 57.7 Å². The van der Waals surface area contributed by atoms with Crippen molar-refractivity contribution in [1.29, 1.82) is 0 Å². The van der Waals surface area contributed by atoms with Crippen molar-refractivity contribution < 1.29 is 29.7 Å². The van der Waals surface area contributed by atoms with Gasteiger partial charge in [-0.3, -0.25) is 0 Å². The van der Waals surface area contributed by atoms with Crippen molar-refractivity contribution in [1.82, 2.24) is 0 Å². The van der Waals surface area contributed by atoms with Gasteiger partial charge in [0.2, 0.25) is 0 Å². The average Bonchev–Trinajstić information content (AvgIpc) is 2.41. The monoisotopic (exact) mass is 450 g/mol. The third-order valence-electron chi connectivity index (χ3n) is 0.918. The van der Waals surface area contributed by atoms with Crippen LogP contribution in [-0.2, 0) is 14.4 Å². The van der Waals surface area contributed by atoms with Crippen LogP contribution in [0.2, 0.25) is 4.44 Å². The maximum atomic E-state index is 9.18. The normalized spacial score (nSPS) is 7.70. The molecule has 0 saturated carbocycles. The maximum Gasteiger partial charge on any atom is 0.0510 e. The van der Waals surface area contributed by atoms with Crippen LogP contribution < -0.4 is 15.3 Å². The number of unbranched alkanes of at least 4 members (excludes halogenated alkanes) is 1. The number of hydrogen-bond donors (Lipinski definition) is 3. The second-order valence-electron chi connectivity index (χ2n) is 2.69. The molecule has 0 atom stereocenters. The van der Waals surface area contributed by atoms with Gasteiger partial charge in [-0.1, -0.05) is 0 Å². The minimum absolute atomic E-state index is 0.194. The van der Waals surface area contributed by atoms with Gasteiger partial charge in [0.1, 0.15) is 0 Å². The van der Waals surface area contributed by atoms with E-state index in [0.717, 1.165) is 0 Å². The van der Waals surface area contributed by atoms with Crippen molar-refractivity contribution in [2.75, 3.05) is 17.3 Å². The molecule has 0 saturated heterocycles. The van der Waals surface area contributed by atoms with Crippen LogP contribution in [0.1, 0.15) is 19.8 Å². The van der Waals surface area contributed by atoms with E-state index in [9.17, 15) is 29.7 Å². The van der Waals surface area contributed by atoms with E-state index in [-0.39, 0.29) is 17.3 Å². The van der Waals surface area contributed by atoms with Crippen molar-refractivity contribution in [2.24, 2.45) is 0 Å². The van der Waals surface area contributed by atoms with Crippen molar-refractivity contribution in [2.45, 2.75) is 24.2 Å². The second-order valence-corrected chi connectivity index (χ2v) is 5.07. The molecule has 0 bridgehead atoms. The van der Waals surface area contributed by atoms with Crippen LogP contribution in [0.3, 0.4) is 0 Å². The molecule has 0 aliphatic rings. The van der Waals surface area contributed by atoms with Crippen LogP contribution in [0.4, 0.5) is 0 Å². The Hall–Kier alpha value is 0.259. The minimum atomic E-state index is -1.13. The van der Waals surface area contributed by atoms with E-state index in [1.54, 1.807) is 22.5 Å². The van der Waals surface area contributed by atoms with E-state index >= 15 is 0 Å². The van der Waals surface area contributed by atoms with E-state index in [2.05, 4.69) is 44.8 Å². The number of carboxylic acid groups (broad SMARTS) is 3. The van der Waals surface area contributed by atoms with E-state index in [0.29, 0.717) is 0 Å². The first-order chi connectivity index (χ1) is 9.22. The van der Waals surface area contributed by atoms with Crippen LogP contribution in [0, 0.1) is 0 Å². The molecule has 0 aromatic carbocycles. The van der Waals surface area contributed by atoms with E-state index in [1.807, 2.05) is 0 Å². The quantitative estimate of drug-likeness (QED) is 0.312. The molecular formula is C10H18O6S3Sn. The molecule has 0 spiro atoms. The molecule has 0 amide bonds. The first kappa shape index (κ1) is 28.4. The largest absolute Gasteiger partial charge is 0.549 e. The summed E-state index contributed by atoms with van der Waals surface area (Å²) < 4.78 is 1.43. The van der Waals surface area contributed by atoms with Gasteiger partial charge in [-0.05, 0) is 0 Å². The molecule has 6 nitrogen and oxygen atoms in total. The van der Waals surface area contributed by atoms with Crippen LogP contribution >= 0.6 is 37.9 Å². The number of rotatable bonds is 5. The number of aliphatic carboxylic acids is 3. The van der Waals surface area contributed by atoms with E-state index < -0.39 is 17.9 Å². The fraction of sp³-hybridized carbons (Fsp3) is 0.700. The van der Waals surface area contributed by atoms with Gasteiger partial charge in [-0.25, -0.2) is 0 Å². The smallest absolute Gasteiger partial charge is 0.0510 e. The summed E-state index contributed by atoms with van der Waals surface area (Å²) in [6.45, 7) is 2.23. The summed E-state index contributed by atoms with van der Waals surface area (Å²) in [5.41, 5.74) is 0. The van der Waals surface area contributed by atoms with Gasteiger partial charge in [-0.15, -0.1) is 0 Å². The number of hydrogen-bond acceptors (Lipinski definition) is 9. The third-order valence-corrected chi connectivity index (χ3v) is 2.70. The SMILES string of the molecule is CCC[CH2][Sn+3].O=C([O-])CS.O=C([O-])CS.O=C([O-])CS. The summed E-state index contributed by atoms with van der Waals surface area (Å²) in [5, 5.41) is 27.5. The molecular weight excluding hydrogens is 431 g/mol. The van der Waals surface area contributed by atoms with Gasteiger partial charge in [-0.2, -0.15) is 37.9 Å². The summed E-state index contributed by atoms with van der Waals surface area (Å²) in [7, 11) is 0. The number of carbonyl (C=O) groups excluding carboxylic acids is 3. The third kappa shape index (κ3) is 79.7. The maximum absolute atomic E-state index is 9.18. The topological polar surface area (TPSA) is 120 Å². The first-order valence-electron chi connectivity index (χ1n) is 5.29. The summed E-state index contributed by atoms with van der Waals surface area (Å²) in [6, 6.07) is 0. The van der Waals surface area contributed by atoms with Crippen molar-refractivity contribution >= 4 is 78.3 Å². The van der Waals surface area contributed by atoms with Crippen molar-refractivity contribution in [3.05, 3.63) is 0 Å². The zero-order chi connectivity index (χ0) is 17.0. The van der Waals surface area contributed by atoms with Gasteiger partial charge in [0.15, 0.2) is 0 Å². The fourth-order valence-corrected chi connectivity index (χ4v) is 1.19. The van der Waals surface area contributed by atoms with Gasteiger partial charge < -0.3 is 29.7 Å². The molecule has 10 heteroatoms. The Morgan fingerprint density at radius 2 is 1.05 bits per heavy atom. The predicted molar refractivity (Wildman–Crippen MR) is 82.0 cm³/mol. The Labute approximate surface area is 149 Å². The number of carbonyl (C=O) groups is 3. The van der Waals surface area contributed by atoms with Crippen LogP contribution in [0.25, 0.3) is 0 Å². The Kier molecular flexibility index (Phi) is 39.2. The average molecular weight is 449 g/mol. The Morgan fingerprint density at radius 3 is 1.05 bits per heavy atom. The van der Waals surface area contributed by atoms with Crippen LogP contribution in [0.5, 0.6) is 0 Å². The fourth-order valence-electron chi connectivity index (χ4n) is 0.177. The molecule has 20 heavy (non-hydrogen) atoms. The predicted octanol–water partition coefficient (Wildman–Crippen LogP) is -2.63.